The molecule has 2 aromatic rings. The summed E-state index contributed by atoms with van der Waals surface area (Å²) in [5.41, 5.74) is 1.23. The quantitative estimate of drug-likeness (QED) is 0.740. The maximum Gasteiger partial charge on any atom is 0.271 e. The Morgan fingerprint density at radius 1 is 1.14 bits per heavy atom. The molecule has 1 aliphatic rings. The van der Waals surface area contributed by atoms with Gasteiger partial charge in [0.15, 0.2) is 0 Å². The van der Waals surface area contributed by atoms with Crippen LogP contribution in [-0.4, -0.2) is 47.3 Å². The molecule has 1 N–H and O–H groups in total. The molecule has 1 aromatic heterocycles. The number of nitrogens with one attached hydrogen (secondary N) is 1. The first-order chi connectivity index (χ1) is 14.1. The van der Waals surface area contributed by atoms with E-state index in [9.17, 15) is 9.59 Å². The van der Waals surface area contributed by atoms with Crippen LogP contribution in [0.5, 0.6) is 5.75 Å². The Labute approximate surface area is 171 Å². The number of carbonyl (C=O) groups is 1. The van der Waals surface area contributed by atoms with Gasteiger partial charge in [-0.1, -0.05) is 25.5 Å². The van der Waals surface area contributed by atoms with Gasteiger partial charge in [0.1, 0.15) is 11.4 Å². The molecular formula is C22H30N4O3. The Morgan fingerprint density at radius 3 is 2.52 bits per heavy atom. The summed E-state index contributed by atoms with van der Waals surface area (Å²) in [6.45, 7) is 5.00. The lowest BCUT2D eigenvalue weighted by molar-refractivity contribution is 0.0917. The third-order valence-corrected chi connectivity index (χ3v) is 5.32. The maximum absolute atomic E-state index is 12.7. The van der Waals surface area contributed by atoms with Crippen molar-refractivity contribution in [3.8, 4) is 5.75 Å². The first kappa shape index (κ1) is 21.0. The van der Waals surface area contributed by atoms with Gasteiger partial charge in [-0.2, -0.15) is 5.10 Å². The van der Waals surface area contributed by atoms with Gasteiger partial charge in [0.05, 0.1) is 13.2 Å². The summed E-state index contributed by atoms with van der Waals surface area (Å²) >= 11 is 0. The summed E-state index contributed by atoms with van der Waals surface area (Å²) in [7, 11) is 1.66. The van der Waals surface area contributed by atoms with Crippen molar-refractivity contribution in [1.82, 2.24) is 20.0 Å². The summed E-state index contributed by atoms with van der Waals surface area (Å²) in [6.07, 6.45) is 4.38. The maximum atomic E-state index is 12.7. The largest absolute Gasteiger partial charge is 0.497 e. The first-order valence-electron chi connectivity index (χ1n) is 10.4. The molecule has 1 fully saturated rings. The highest BCUT2D eigenvalue weighted by atomic mass is 16.5. The molecule has 29 heavy (non-hydrogen) atoms. The second-order valence-electron chi connectivity index (χ2n) is 7.38. The molecule has 1 amide bonds. The molecule has 7 heteroatoms. The zero-order valence-electron chi connectivity index (χ0n) is 17.3. The molecule has 1 atom stereocenters. The van der Waals surface area contributed by atoms with E-state index in [1.165, 1.54) is 36.1 Å². The third-order valence-electron chi connectivity index (χ3n) is 5.32. The van der Waals surface area contributed by atoms with Crippen LogP contribution in [0.25, 0.3) is 0 Å². The van der Waals surface area contributed by atoms with Gasteiger partial charge in [-0.25, -0.2) is 4.68 Å². The molecule has 156 valence electrons. The van der Waals surface area contributed by atoms with E-state index in [0.717, 1.165) is 30.8 Å². The predicted molar refractivity (Wildman–Crippen MR) is 112 cm³/mol. The average Bonchev–Trinajstić information content (AvgIpc) is 2.76. The van der Waals surface area contributed by atoms with Crippen molar-refractivity contribution in [2.75, 3.05) is 26.7 Å². The Morgan fingerprint density at radius 2 is 1.86 bits per heavy atom. The number of hydrogen-bond acceptors (Lipinski definition) is 5. The van der Waals surface area contributed by atoms with Crippen molar-refractivity contribution in [2.24, 2.45) is 0 Å². The summed E-state index contributed by atoms with van der Waals surface area (Å²) in [6, 6.07) is 11.0. The lowest BCUT2D eigenvalue weighted by Crippen LogP contribution is -2.41. The van der Waals surface area contributed by atoms with Crippen molar-refractivity contribution < 1.29 is 9.53 Å². The van der Waals surface area contributed by atoms with Crippen molar-refractivity contribution in [3.05, 3.63) is 58.0 Å². The second-order valence-corrected chi connectivity index (χ2v) is 7.38. The second kappa shape index (κ2) is 10.2. The van der Waals surface area contributed by atoms with Crippen LogP contribution in [0.2, 0.25) is 0 Å². The Balaban J connectivity index is 1.74. The number of aryl methyl sites for hydroxylation is 1. The van der Waals surface area contributed by atoms with Crippen molar-refractivity contribution in [1.29, 1.82) is 0 Å². The Hall–Kier alpha value is -2.67. The Bertz CT molecular complexity index is 857. The summed E-state index contributed by atoms with van der Waals surface area (Å²) < 4.78 is 6.62. The molecule has 7 nitrogen and oxygen atoms in total. The topological polar surface area (TPSA) is 76.5 Å². The van der Waals surface area contributed by atoms with Crippen LogP contribution >= 0.6 is 0 Å². The normalized spacial score (nSPS) is 15.7. The predicted octanol–water partition coefficient (Wildman–Crippen LogP) is 2.62. The van der Waals surface area contributed by atoms with E-state index in [1.807, 2.05) is 19.1 Å². The van der Waals surface area contributed by atoms with Crippen LogP contribution in [0.3, 0.4) is 0 Å². The number of aromatic nitrogens is 2. The van der Waals surface area contributed by atoms with Gasteiger partial charge < -0.3 is 10.1 Å². The molecule has 0 spiro atoms. The van der Waals surface area contributed by atoms with Crippen molar-refractivity contribution >= 4 is 5.91 Å². The minimum Gasteiger partial charge on any atom is -0.497 e. The molecule has 1 aliphatic heterocycles. The van der Waals surface area contributed by atoms with Gasteiger partial charge in [-0.3, -0.25) is 14.5 Å². The zero-order valence-corrected chi connectivity index (χ0v) is 17.3. The smallest absolute Gasteiger partial charge is 0.271 e. The number of piperidine rings is 1. The summed E-state index contributed by atoms with van der Waals surface area (Å²) in [5, 5.41) is 7.23. The molecule has 1 aromatic carbocycles. The summed E-state index contributed by atoms with van der Waals surface area (Å²) in [4.78, 5) is 27.0. The van der Waals surface area contributed by atoms with E-state index in [1.54, 1.807) is 7.11 Å². The van der Waals surface area contributed by atoms with E-state index >= 15 is 0 Å². The lowest BCUT2D eigenvalue weighted by atomic mass is 10.0. The number of amides is 1. The molecule has 3 rings (SSSR count). The van der Waals surface area contributed by atoms with Crippen LogP contribution in [0.4, 0.5) is 0 Å². The standard InChI is InChI=1S/C22H30N4O3/c1-3-13-26-21(27)12-11-19(24-26)22(28)23-16-20(25-14-5-4-6-15-25)17-7-9-18(29-2)10-8-17/h7-12,20H,3-6,13-16H2,1-2H3,(H,23,28). The van der Waals surface area contributed by atoms with E-state index in [2.05, 4.69) is 27.4 Å². The number of likely N-dealkylation sites (tertiary alicyclic amines) is 1. The Kier molecular flexibility index (Phi) is 7.41. The van der Waals surface area contributed by atoms with Crippen LogP contribution in [0.1, 0.15) is 54.7 Å². The number of ether oxygens (including phenoxy) is 1. The van der Waals surface area contributed by atoms with E-state index in [-0.39, 0.29) is 23.2 Å². The highest BCUT2D eigenvalue weighted by molar-refractivity contribution is 5.92. The SMILES string of the molecule is CCCn1nc(C(=O)NCC(c2ccc(OC)cc2)N2CCCCC2)ccc1=O. The number of methoxy groups -OCH3 is 1. The molecule has 2 heterocycles. The minimum absolute atomic E-state index is 0.0895. The third kappa shape index (κ3) is 5.44. The molecule has 1 saturated heterocycles. The van der Waals surface area contributed by atoms with Crippen LogP contribution < -0.4 is 15.6 Å². The fourth-order valence-corrected chi connectivity index (χ4v) is 3.74. The van der Waals surface area contributed by atoms with Crippen LogP contribution in [-0.2, 0) is 6.54 Å². The number of nitrogens with zero attached hydrogens (tertiary/aromatic N) is 3. The lowest BCUT2D eigenvalue weighted by Gasteiger charge is -2.35. The molecule has 1 unspecified atom stereocenters. The van der Waals surface area contributed by atoms with Gasteiger partial charge in [0, 0.05) is 19.2 Å². The average molecular weight is 399 g/mol. The molecule has 0 saturated carbocycles. The summed E-state index contributed by atoms with van der Waals surface area (Å²) in [5.74, 6) is 0.558. The van der Waals surface area contributed by atoms with E-state index < -0.39 is 0 Å². The fraction of sp³-hybridized carbons (Fsp3) is 0.500. The number of hydrogen-bond donors (Lipinski definition) is 1. The van der Waals surface area contributed by atoms with Crippen LogP contribution in [0.15, 0.2) is 41.2 Å². The van der Waals surface area contributed by atoms with Gasteiger partial charge >= 0.3 is 0 Å². The molecule has 0 aliphatic carbocycles. The van der Waals surface area contributed by atoms with Gasteiger partial charge in [-0.05, 0) is 56.1 Å². The molecular weight excluding hydrogens is 368 g/mol. The fourth-order valence-electron chi connectivity index (χ4n) is 3.74. The number of rotatable bonds is 8. The van der Waals surface area contributed by atoms with Gasteiger partial charge in [0.25, 0.3) is 11.5 Å². The number of carbonyl (C=O) groups excluding carboxylic acids is 1. The zero-order chi connectivity index (χ0) is 20.6. The number of benzene rings is 1. The first-order valence-corrected chi connectivity index (χ1v) is 10.4. The van der Waals surface area contributed by atoms with Crippen molar-refractivity contribution in [3.63, 3.8) is 0 Å². The highest BCUT2D eigenvalue weighted by Crippen LogP contribution is 2.26. The van der Waals surface area contributed by atoms with Crippen LogP contribution in [0, 0.1) is 0 Å². The van der Waals surface area contributed by atoms with Gasteiger partial charge in [0.2, 0.25) is 0 Å². The monoisotopic (exact) mass is 398 g/mol. The van der Waals surface area contributed by atoms with Gasteiger partial charge in [-0.15, -0.1) is 0 Å². The molecule has 0 radical (unpaired) electrons. The van der Waals surface area contributed by atoms with Crippen molar-refractivity contribution in [2.45, 2.75) is 45.2 Å². The van der Waals surface area contributed by atoms with E-state index in [4.69, 9.17) is 4.74 Å². The minimum atomic E-state index is -0.259. The van der Waals surface area contributed by atoms with E-state index in [0.29, 0.717) is 13.1 Å². The molecule has 0 bridgehead atoms. The highest BCUT2D eigenvalue weighted by Gasteiger charge is 2.23.